The van der Waals surface area contributed by atoms with Crippen LogP contribution in [0.25, 0.3) is 0 Å². The average Bonchev–Trinajstić information content (AvgIpc) is 2.77. The van der Waals surface area contributed by atoms with Crippen LogP contribution in [0.1, 0.15) is 32.0 Å². The number of hydrogen-bond donors (Lipinski definition) is 1. The van der Waals surface area contributed by atoms with E-state index in [1.54, 1.807) is 26.3 Å². The van der Waals surface area contributed by atoms with Gasteiger partial charge in [0.2, 0.25) is 0 Å². The highest BCUT2D eigenvalue weighted by atomic mass is 16.5. The van der Waals surface area contributed by atoms with Gasteiger partial charge in [-0.2, -0.15) is 0 Å². The number of pyridine rings is 1. The van der Waals surface area contributed by atoms with Crippen molar-refractivity contribution in [1.29, 1.82) is 0 Å². The highest BCUT2D eigenvalue weighted by molar-refractivity contribution is 6.15. The first-order valence-electron chi connectivity index (χ1n) is 6.92. The molecule has 22 heavy (non-hydrogen) atoms. The van der Waals surface area contributed by atoms with Crippen molar-refractivity contribution in [3.63, 3.8) is 0 Å². The molecular formula is C15H19N3O4. The zero-order chi connectivity index (χ0) is 16.3. The number of nitrogens with zero attached hydrogens (tertiary/aromatic N) is 2. The summed E-state index contributed by atoms with van der Waals surface area (Å²) in [7, 11) is 1.56. The Balaban J connectivity index is 2.44. The molecule has 0 bridgehead atoms. The van der Waals surface area contributed by atoms with Gasteiger partial charge in [0.05, 0.1) is 6.61 Å². The second-order valence-corrected chi connectivity index (χ2v) is 5.55. The Labute approximate surface area is 128 Å². The van der Waals surface area contributed by atoms with Gasteiger partial charge >= 0.3 is 0 Å². The lowest BCUT2D eigenvalue weighted by molar-refractivity contribution is -0.124. The van der Waals surface area contributed by atoms with Gasteiger partial charge in [0.25, 0.3) is 12.4 Å². The van der Waals surface area contributed by atoms with E-state index < -0.39 is 5.54 Å². The maximum Gasteiger partial charge on any atom is 0.298 e. The second-order valence-electron chi connectivity index (χ2n) is 5.55. The fourth-order valence-corrected chi connectivity index (χ4v) is 2.10. The molecule has 2 rings (SSSR count). The van der Waals surface area contributed by atoms with Gasteiger partial charge in [-0.3, -0.25) is 9.59 Å². The molecule has 7 nitrogen and oxygen atoms in total. The third-order valence-electron chi connectivity index (χ3n) is 3.78. The number of aliphatic imine (C=N–C) groups is 1. The smallest absolute Gasteiger partial charge is 0.298 e. The molecule has 1 aliphatic rings. The van der Waals surface area contributed by atoms with Gasteiger partial charge < -0.3 is 14.8 Å². The summed E-state index contributed by atoms with van der Waals surface area (Å²) in [5.74, 6) is 0.365. The summed E-state index contributed by atoms with van der Waals surface area (Å²) < 4.78 is 9.99. The molecule has 1 aromatic heterocycles. The lowest BCUT2D eigenvalue weighted by Gasteiger charge is -2.21. The van der Waals surface area contributed by atoms with Crippen LogP contribution < -0.4 is 10.1 Å². The van der Waals surface area contributed by atoms with E-state index in [4.69, 9.17) is 9.47 Å². The van der Waals surface area contributed by atoms with Gasteiger partial charge in [-0.1, -0.05) is 13.8 Å². The fourth-order valence-electron chi connectivity index (χ4n) is 2.10. The van der Waals surface area contributed by atoms with Crippen molar-refractivity contribution in [3.8, 4) is 5.75 Å². The Morgan fingerprint density at radius 1 is 1.45 bits per heavy atom. The number of hydrogen-bond acceptors (Lipinski definition) is 6. The minimum Gasteiger partial charge on any atom is -0.426 e. The number of aromatic nitrogens is 1. The zero-order valence-electron chi connectivity index (χ0n) is 13.0. The van der Waals surface area contributed by atoms with E-state index in [-0.39, 0.29) is 17.6 Å². The van der Waals surface area contributed by atoms with Gasteiger partial charge in [-0.25, -0.2) is 9.98 Å². The molecule has 7 heteroatoms. The SMILES string of the molecule is COCc1cnc(C2=NC(C)(C(C)C)C(=O)N2)c(OC=O)c1. The van der Waals surface area contributed by atoms with Crippen molar-refractivity contribution < 1.29 is 19.1 Å². The Morgan fingerprint density at radius 3 is 2.73 bits per heavy atom. The van der Waals surface area contributed by atoms with E-state index in [0.29, 0.717) is 24.6 Å². The van der Waals surface area contributed by atoms with Crippen LogP contribution in [0, 0.1) is 5.92 Å². The largest absolute Gasteiger partial charge is 0.426 e. The fraction of sp³-hybridized carbons (Fsp3) is 0.467. The van der Waals surface area contributed by atoms with E-state index >= 15 is 0 Å². The average molecular weight is 305 g/mol. The predicted molar refractivity (Wildman–Crippen MR) is 79.6 cm³/mol. The maximum absolute atomic E-state index is 12.2. The first-order chi connectivity index (χ1) is 10.4. The highest BCUT2D eigenvalue weighted by Crippen LogP contribution is 2.28. The molecule has 0 saturated carbocycles. The lowest BCUT2D eigenvalue weighted by atomic mass is 9.89. The van der Waals surface area contributed by atoms with E-state index in [2.05, 4.69) is 15.3 Å². The summed E-state index contributed by atoms with van der Waals surface area (Å²) in [6, 6.07) is 1.64. The second kappa shape index (κ2) is 6.23. The predicted octanol–water partition coefficient (Wildman–Crippen LogP) is 1.05. The quantitative estimate of drug-likeness (QED) is 0.794. The van der Waals surface area contributed by atoms with E-state index in [0.717, 1.165) is 5.56 Å². The Morgan fingerprint density at radius 2 is 2.18 bits per heavy atom. The van der Waals surface area contributed by atoms with E-state index in [9.17, 15) is 9.59 Å². The first-order valence-corrected chi connectivity index (χ1v) is 6.92. The molecule has 1 unspecified atom stereocenters. The summed E-state index contributed by atoms with van der Waals surface area (Å²) in [5.41, 5.74) is 0.213. The van der Waals surface area contributed by atoms with Crippen LogP contribution in [0.3, 0.4) is 0 Å². The van der Waals surface area contributed by atoms with E-state index in [1.807, 2.05) is 13.8 Å². The molecule has 1 aromatic rings. The molecule has 0 radical (unpaired) electrons. The summed E-state index contributed by atoms with van der Waals surface area (Å²) >= 11 is 0. The van der Waals surface area contributed by atoms with Crippen molar-refractivity contribution >= 4 is 18.2 Å². The standard InChI is InChI=1S/C15H19N3O4/c1-9(2)15(3)14(20)17-13(18-15)12-11(22-8-19)5-10(6-16-12)7-21-4/h5-6,8-9H,7H2,1-4H3,(H,17,18,20). The van der Waals surface area contributed by atoms with Crippen LogP contribution in [0.4, 0.5) is 0 Å². The minimum atomic E-state index is -0.860. The topological polar surface area (TPSA) is 89.9 Å². The molecule has 1 N–H and O–H groups in total. The highest BCUT2D eigenvalue weighted by Gasteiger charge is 2.42. The van der Waals surface area contributed by atoms with E-state index in [1.165, 1.54) is 0 Å². The molecule has 118 valence electrons. The van der Waals surface area contributed by atoms with Gasteiger partial charge in [0.15, 0.2) is 11.6 Å². The van der Waals surface area contributed by atoms with Crippen LogP contribution in [0.2, 0.25) is 0 Å². The summed E-state index contributed by atoms with van der Waals surface area (Å²) in [6.07, 6.45) is 1.59. The van der Waals surface area contributed by atoms with Gasteiger partial charge in [-0.15, -0.1) is 0 Å². The molecule has 1 atom stereocenters. The molecular weight excluding hydrogens is 286 g/mol. The molecule has 0 spiro atoms. The van der Waals surface area contributed by atoms with Crippen LogP contribution in [-0.2, 0) is 20.9 Å². The van der Waals surface area contributed by atoms with Gasteiger partial charge in [-0.05, 0) is 24.5 Å². The Kier molecular flexibility index (Phi) is 4.56. The zero-order valence-corrected chi connectivity index (χ0v) is 13.0. The summed E-state index contributed by atoms with van der Waals surface area (Å²) in [5, 5.41) is 2.71. The monoisotopic (exact) mass is 305 g/mol. The van der Waals surface area contributed by atoms with Crippen molar-refractivity contribution in [2.45, 2.75) is 32.9 Å². The number of rotatable bonds is 6. The van der Waals surface area contributed by atoms with Crippen molar-refractivity contribution in [2.24, 2.45) is 10.9 Å². The normalized spacial score (nSPS) is 20.8. The van der Waals surface area contributed by atoms with Crippen LogP contribution in [-0.4, -0.2) is 35.8 Å². The molecule has 0 aliphatic carbocycles. The molecule has 1 aliphatic heterocycles. The number of amides is 1. The Bertz CT molecular complexity index is 627. The van der Waals surface area contributed by atoms with Gasteiger partial charge in [0.1, 0.15) is 11.2 Å². The first kappa shape index (κ1) is 16.1. The number of carbonyl (C=O) groups is 2. The van der Waals surface area contributed by atoms with Crippen LogP contribution >= 0.6 is 0 Å². The number of carbonyl (C=O) groups excluding carboxylic acids is 2. The summed E-state index contributed by atoms with van der Waals surface area (Å²) in [4.78, 5) is 31.6. The molecule has 2 heterocycles. The molecule has 0 fully saturated rings. The third kappa shape index (κ3) is 2.85. The number of methoxy groups -OCH3 is 1. The van der Waals surface area contributed by atoms with Gasteiger partial charge in [0, 0.05) is 13.3 Å². The lowest BCUT2D eigenvalue weighted by Crippen LogP contribution is -2.41. The van der Waals surface area contributed by atoms with Crippen molar-refractivity contribution in [3.05, 3.63) is 23.5 Å². The van der Waals surface area contributed by atoms with Crippen molar-refractivity contribution in [1.82, 2.24) is 10.3 Å². The van der Waals surface area contributed by atoms with Crippen molar-refractivity contribution in [2.75, 3.05) is 7.11 Å². The molecule has 1 amide bonds. The molecule has 0 aromatic carbocycles. The third-order valence-corrected chi connectivity index (χ3v) is 3.78. The minimum absolute atomic E-state index is 0.0215. The van der Waals surface area contributed by atoms with Crippen LogP contribution in [0.15, 0.2) is 17.3 Å². The number of ether oxygens (including phenoxy) is 2. The number of amidine groups is 1. The maximum atomic E-state index is 12.2. The Hall–Kier alpha value is -2.28. The number of nitrogens with one attached hydrogen (secondary N) is 1. The summed E-state index contributed by atoms with van der Waals surface area (Å²) in [6.45, 7) is 6.26. The van der Waals surface area contributed by atoms with Crippen LogP contribution in [0.5, 0.6) is 5.75 Å². The molecule has 0 saturated heterocycles.